The number of thioether (sulfide) groups is 1. The first-order valence-electron chi connectivity index (χ1n) is 9.57. The van der Waals surface area contributed by atoms with Crippen molar-refractivity contribution in [3.63, 3.8) is 0 Å². The standard InChI is InChI=1S/C22H21FN4O2S/c1-13(14-3-9-18-15(11-14)4-10-20(28)26-18)25-21(29)19-12-24-22(30-2)27(19)17-7-5-16(23)6-8-17/h3,5-9,11-13H,4,10H2,1-2H3,(H,25,29)(H,26,28). The molecule has 0 aliphatic carbocycles. The number of carbonyl (C=O) groups is 2. The van der Waals surface area contributed by atoms with Crippen molar-refractivity contribution in [3.8, 4) is 5.69 Å². The third kappa shape index (κ3) is 3.95. The molecule has 3 aromatic rings. The van der Waals surface area contributed by atoms with Gasteiger partial charge < -0.3 is 10.6 Å². The van der Waals surface area contributed by atoms with Crippen molar-refractivity contribution < 1.29 is 14.0 Å². The molecule has 0 spiro atoms. The van der Waals surface area contributed by atoms with Crippen LogP contribution in [0.5, 0.6) is 0 Å². The molecule has 30 heavy (non-hydrogen) atoms. The number of nitrogens with one attached hydrogen (secondary N) is 2. The lowest BCUT2D eigenvalue weighted by molar-refractivity contribution is -0.116. The summed E-state index contributed by atoms with van der Waals surface area (Å²) in [7, 11) is 0. The van der Waals surface area contributed by atoms with Crippen molar-refractivity contribution in [2.45, 2.75) is 31.0 Å². The molecule has 0 radical (unpaired) electrons. The highest BCUT2D eigenvalue weighted by atomic mass is 32.2. The molecule has 1 aromatic heterocycles. The van der Waals surface area contributed by atoms with Gasteiger partial charge in [-0.15, -0.1) is 0 Å². The van der Waals surface area contributed by atoms with Crippen LogP contribution in [0.15, 0.2) is 53.8 Å². The fourth-order valence-corrected chi connectivity index (χ4v) is 4.05. The normalized spacial score (nSPS) is 14.0. The zero-order chi connectivity index (χ0) is 21.3. The molecule has 2 amide bonds. The van der Waals surface area contributed by atoms with Crippen molar-refractivity contribution in [2.24, 2.45) is 0 Å². The Labute approximate surface area is 177 Å². The van der Waals surface area contributed by atoms with E-state index in [0.29, 0.717) is 29.4 Å². The molecule has 0 fully saturated rings. The van der Waals surface area contributed by atoms with Crippen molar-refractivity contribution in [3.05, 3.63) is 71.3 Å². The van der Waals surface area contributed by atoms with Gasteiger partial charge in [0.15, 0.2) is 5.16 Å². The van der Waals surface area contributed by atoms with Gasteiger partial charge in [-0.25, -0.2) is 9.37 Å². The molecule has 1 unspecified atom stereocenters. The molecular weight excluding hydrogens is 403 g/mol. The van der Waals surface area contributed by atoms with E-state index in [9.17, 15) is 14.0 Å². The molecule has 1 aliphatic rings. The fraction of sp³-hybridized carbons (Fsp3) is 0.227. The minimum absolute atomic E-state index is 0.0234. The van der Waals surface area contributed by atoms with Crippen molar-refractivity contribution >= 4 is 29.3 Å². The number of amides is 2. The molecule has 4 rings (SSSR count). The van der Waals surface area contributed by atoms with Crippen LogP contribution in [0.25, 0.3) is 5.69 Å². The Morgan fingerprint density at radius 2 is 2.00 bits per heavy atom. The number of carbonyl (C=O) groups excluding carboxylic acids is 2. The van der Waals surface area contributed by atoms with E-state index in [-0.39, 0.29) is 23.7 Å². The van der Waals surface area contributed by atoms with Crippen LogP contribution in [0.2, 0.25) is 0 Å². The smallest absolute Gasteiger partial charge is 0.270 e. The van der Waals surface area contributed by atoms with Crippen molar-refractivity contribution in [1.29, 1.82) is 0 Å². The number of aromatic nitrogens is 2. The van der Waals surface area contributed by atoms with Gasteiger partial charge in [0.25, 0.3) is 5.91 Å². The molecule has 1 atom stereocenters. The monoisotopic (exact) mass is 424 g/mol. The molecular formula is C22H21FN4O2S. The van der Waals surface area contributed by atoms with E-state index in [1.54, 1.807) is 16.7 Å². The summed E-state index contributed by atoms with van der Waals surface area (Å²) in [5, 5.41) is 6.52. The minimum Gasteiger partial charge on any atom is -0.344 e. The van der Waals surface area contributed by atoms with Crippen LogP contribution in [0, 0.1) is 5.82 Å². The predicted molar refractivity (Wildman–Crippen MR) is 115 cm³/mol. The lowest BCUT2D eigenvalue weighted by Gasteiger charge is -2.20. The van der Waals surface area contributed by atoms with Crippen LogP contribution < -0.4 is 10.6 Å². The average Bonchev–Trinajstić information content (AvgIpc) is 3.18. The number of fused-ring (bicyclic) bond motifs is 1. The summed E-state index contributed by atoms with van der Waals surface area (Å²) in [6.45, 7) is 1.91. The highest BCUT2D eigenvalue weighted by molar-refractivity contribution is 7.98. The molecule has 1 aliphatic heterocycles. The third-order valence-electron chi connectivity index (χ3n) is 5.10. The number of hydrogen-bond acceptors (Lipinski definition) is 4. The Balaban J connectivity index is 1.58. The average molecular weight is 425 g/mol. The zero-order valence-corrected chi connectivity index (χ0v) is 17.4. The number of anilines is 1. The van der Waals surface area contributed by atoms with Crippen LogP contribution >= 0.6 is 11.8 Å². The summed E-state index contributed by atoms with van der Waals surface area (Å²) >= 11 is 1.41. The summed E-state index contributed by atoms with van der Waals surface area (Å²) in [4.78, 5) is 28.9. The first kappa shape index (κ1) is 20.2. The van der Waals surface area contributed by atoms with Crippen LogP contribution in [-0.4, -0.2) is 27.6 Å². The van der Waals surface area contributed by atoms with Crippen LogP contribution in [0.4, 0.5) is 10.1 Å². The second-order valence-corrected chi connectivity index (χ2v) is 7.88. The number of halogens is 1. The van der Waals surface area contributed by atoms with Crippen molar-refractivity contribution in [2.75, 3.05) is 11.6 Å². The lowest BCUT2D eigenvalue weighted by Crippen LogP contribution is -2.29. The van der Waals surface area contributed by atoms with Crippen molar-refractivity contribution in [1.82, 2.24) is 14.9 Å². The molecule has 0 saturated carbocycles. The van der Waals surface area contributed by atoms with Gasteiger partial charge in [0.1, 0.15) is 11.5 Å². The van der Waals surface area contributed by atoms with Gasteiger partial charge >= 0.3 is 0 Å². The zero-order valence-electron chi connectivity index (χ0n) is 16.6. The molecule has 2 heterocycles. The fourth-order valence-electron chi connectivity index (χ4n) is 3.51. The summed E-state index contributed by atoms with van der Waals surface area (Å²) in [5.41, 5.74) is 3.89. The number of benzene rings is 2. The summed E-state index contributed by atoms with van der Waals surface area (Å²) in [5.74, 6) is -0.589. The van der Waals surface area contributed by atoms with Crippen LogP contribution in [-0.2, 0) is 11.2 Å². The molecule has 2 N–H and O–H groups in total. The highest BCUT2D eigenvalue weighted by Gasteiger charge is 2.21. The molecule has 0 bridgehead atoms. The number of aryl methyl sites for hydroxylation is 1. The lowest BCUT2D eigenvalue weighted by atomic mass is 9.98. The van der Waals surface area contributed by atoms with Crippen LogP contribution in [0.3, 0.4) is 0 Å². The van der Waals surface area contributed by atoms with Crippen LogP contribution in [0.1, 0.15) is 41.0 Å². The maximum Gasteiger partial charge on any atom is 0.270 e. The Morgan fingerprint density at radius 3 is 2.73 bits per heavy atom. The summed E-state index contributed by atoms with van der Waals surface area (Å²) < 4.78 is 15.1. The van der Waals surface area contributed by atoms with Gasteiger partial charge in [0, 0.05) is 17.8 Å². The number of imidazole rings is 1. The first-order valence-corrected chi connectivity index (χ1v) is 10.8. The molecule has 0 saturated heterocycles. The molecule has 6 nitrogen and oxygen atoms in total. The second-order valence-electron chi connectivity index (χ2n) is 7.10. The first-order chi connectivity index (χ1) is 14.5. The van der Waals surface area contributed by atoms with E-state index >= 15 is 0 Å². The van der Waals surface area contributed by atoms with E-state index < -0.39 is 0 Å². The van der Waals surface area contributed by atoms with Gasteiger partial charge in [0.2, 0.25) is 5.91 Å². The van der Waals surface area contributed by atoms with Gasteiger partial charge in [-0.2, -0.15) is 0 Å². The Hall–Kier alpha value is -3.13. The SMILES string of the molecule is CSc1ncc(C(=O)NC(C)c2ccc3c(c2)CCC(=O)N3)n1-c1ccc(F)cc1. The highest BCUT2D eigenvalue weighted by Crippen LogP contribution is 2.27. The van der Waals surface area contributed by atoms with E-state index in [0.717, 1.165) is 16.8 Å². The number of hydrogen-bond donors (Lipinski definition) is 2. The molecule has 8 heteroatoms. The molecule has 154 valence electrons. The maximum atomic E-state index is 13.3. The maximum absolute atomic E-state index is 13.3. The Morgan fingerprint density at radius 1 is 1.23 bits per heavy atom. The third-order valence-corrected chi connectivity index (χ3v) is 5.76. The van der Waals surface area contributed by atoms with E-state index in [1.165, 1.54) is 30.1 Å². The Kier molecular flexibility index (Phi) is 5.59. The largest absolute Gasteiger partial charge is 0.344 e. The summed E-state index contributed by atoms with van der Waals surface area (Å²) in [6.07, 6.45) is 4.55. The number of rotatable bonds is 5. The van der Waals surface area contributed by atoms with Gasteiger partial charge in [-0.05, 0) is 61.1 Å². The van der Waals surface area contributed by atoms with Gasteiger partial charge in [-0.3, -0.25) is 14.2 Å². The quantitative estimate of drug-likeness (QED) is 0.605. The van der Waals surface area contributed by atoms with E-state index in [2.05, 4.69) is 15.6 Å². The van der Waals surface area contributed by atoms with E-state index in [1.807, 2.05) is 31.4 Å². The van der Waals surface area contributed by atoms with E-state index in [4.69, 9.17) is 0 Å². The van der Waals surface area contributed by atoms with Gasteiger partial charge in [0.05, 0.1) is 12.2 Å². The minimum atomic E-state index is -0.340. The topological polar surface area (TPSA) is 76.0 Å². The van der Waals surface area contributed by atoms with Gasteiger partial charge in [-0.1, -0.05) is 23.9 Å². The number of nitrogens with zero attached hydrogens (tertiary/aromatic N) is 2. The molecule has 2 aromatic carbocycles. The Bertz CT molecular complexity index is 1110. The second kappa shape index (κ2) is 8.31. The summed E-state index contributed by atoms with van der Waals surface area (Å²) in [6, 6.07) is 11.5. The predicted octanol–water partition coefficient (Wildman–Crippen LogP) is 4.11.